The Morgan fingerprint density at radius 3 is 2.83 bits per heavy atom. The van der Waals surface area contributed by atoms with E-state index in [2.05, 4.69) is 20.2 Å². The summed E-state index contributed by atoms with van der Waals surface area (Å²) in [6, 6.07) is 0.998. The third-order valence-electron chi connectivity index (χ3n) is 3.47. The zero-order valence-electron chi connectivity index (χ0n) is 9.97. The second-order valence-electron chi connectivity index (χ2n) is 4.91. The molecule has 1 N–H and O–H groups in total. The minimum absolute atomic E-state index is 0.165. The van der Waals surface area contributed by atoms with Gasteiger partial charge in [0.05, 0.1) is 12.4 Å². The number of aromatic nitrogens is 2. The summed E-state index contributed by atoms with van der Waals surface area (Å²) in [6.07, 6.45) is 6.43. The summed E-state index contributed by atoms with van der Waals surface area (Å²) in [5.41, 5.74) is 0.323. The molecule has 1 aromatic heterocycles. The molecule has 2 aliphatic rings. The maximum absolute atomic E-state index is 11.9. The standard InChI is InChI=1S/C12H15ClN4O/c13-11-6-14-10(5-15-11)12(18)16-8-3-4-17(7-8)9-1-2-9/h5-6,8-9H,1-4,7H2,(H,16,18). The van der Waals surface area contributed by atoms with Gasteiger partial charge in [-0.15, -0.1) is 0 Å². The molecule has 6 heteroatoms. The molecule has 96 valence electrons. The van der Waals surface area contributed by atoms with E-state index in [4.69, 9.17) is 11.6 Å². The van der Waals surface area contributed by atoms with E-state index in [0.29, 0.717) is 10.8 Å². The van der Waals surface area contributed by atoms with Crippen LogP contribution in [0.2, 0.25) is 5.15 Å². The number of carbonyl (C=O) groups excluding carboxylic acids is 1. The van der Waals surface area contributed by atoms with Crippen LogP contribution in [0.15, 0.2) is 12.4 Å². The molecular formula is C12H15ClN4O. The van der Waals surface area contributed by atoms with Gasteiger partial charge in [0, 0.05) is 25.2 Å². The molecule has 1 saturated carbocycles. The van der Waals surface area contributed by atoms with Crippen molar-refractivity contribution in [3.63, 3.8) is 0 Å². The molecule has 1 aromatic rings. The first kappa shape index (κ1) is 11.9. The Morgan fingerprint density at radius 2 is 2.17 bits per heavy atom. The number of hydrogen-bond acceptors (Lipinski definition) is 4. The summed E-state index contributed by atoms with van der Waals surface area (Å²) in [6.45, 7) is 2.04. The van der Waals surface area contributed by atoms with Gasteiger partial charge < -0.3 is 5.32 Å². The number of likely N-dealkylation sites (tertiary alicyclic amines) is 1. The molecule has 2 heterocycles. The van der Waals surface area contributed by atoms with Crippen molar-refractivity contribution in [2.75, 3.05) is 13.1 Å². The minimum atomic E-state index is -0.165. The highest BCUT2D eigenvalue weighted by molar-refractivity contribution is 6.29. The quantitative estimate of drug-likeness (QED) is 0.890. The molecule has 0 radical (unpaired) electrons. The molecule has 1 aliphatic heterocycles. The average Bonchev–Trinajstić information content (AvgIpc) is 3.11. The lowest BCUT2D eigenvalue weighted by molar-refractivity contribution is 0.0932. The van der Waals surface area contributed by atoms with Crippen LogP contribution in [0, 0.1) is 0 Å². The number of nitrogens with zero attached hydrogens (tertiary/aromatic N) is 3. The topological polar surface area (TPSA) is 58.1 Å². The number of amides is 1. The molecule has 1 unspecified atom stereocenters. The van der Waals surface area contributed by atoms with Crippen molar-refractivity contribution in [2.24, 2.45) is 0 Å². The molecule has 5 nitrogen and oxygen atoms in total. The molecule has 2 fully saturated rings. The zero-order chi connectivity index (χ0) is 12.5. The van der Waals surface area contributed by atoms with Crippen LogP contribution in [0.3, 0.4) is 0 Å². The van der Waals surface area contributed by atoms with E-state index in [-0.39, 0.29) is 11.9 Å². The maximum atomic E-state index is 11.9. The van der Waals surface area contributed by atoms with E-state index in [1.807, 2.05) is 0 Å². The lowest BCUT2D eigenvalue weighted by Gasteiger charge is -2.15. The fraction of sp³-hybridized carbons (Fsp3) is 0.583. The van der Waals surface area contributed by atoms with Crippen molar-refractivity contribution in [1.29, 1.82) is 0 Å². The average molecular weight is 267 g/mol. The first-order chi connectivity index (χ1) is 8.72. The minimum Gasteiger partial charge on any atom is -0.347 e. The van der Waals surface area contributed by atoms with Gasteiger partial charge in [0.1, 0.15) is 10.8 Å². The Labute approximate surface area is 111 Å². The number of nitrogens with one attached hydrogen (secondary N) is 1. The number of rotatable bonds is 3. The normalized spacial score (nSPS) is 24.2. The Bertz CT molecular complexity index is 446. The lowest BCUT2D eigenvalue weighted by Crippen LogP contribution is -2.37. The van der Waals surface area contributed by atoms with Gasteiger partial charge in [-0.2, -0.15) is 0 Å². The Kier molecular flexibility index (Phi) is 3.18. The van der Waals surface area contributed by atoms with E-state index < -0.39 is 0 Å². The van der Waals surface area contributed by atoms with Gasteiger partial charge >= 0.3 is 0 Å². The highest BCUT2D eigenvalue weighted by Gasteiger charge is 2.34. The molecule has 1 atom stereocenters. The first-order valence-electron chi connectivity index (χ1n) is 6.25. The van der Waals surface area contributed by atoms with Gasteiger partial charge in [-0.1, -0.05) is 11.6 Å². The largest absolute Gasteiger partial charge is 0.347 e. The fourth-order valence-corrected chi connectivity index (χ4v) is 2.46. The number of carbonyl (C=O) groups is 1. The summed E-state index contributed by atoms with van der Waals surface area (Å²) in [4.78, 5) is 22.2. The number of halogens is 1. The Balaban J connectivity index is 1.56. The third-order valence-corrected chi connectivity index (χ3v) is 3.67. The maximum Gasteiger partial charge on any atom is 0.271 e. The summed E-state index contributed by atoms with van der Waals surface area (Å²) in [7, 11) is 0. The van der Waals surface area contributed by atoms with Gasteiger partial charge in [-0.05, 0) is 19.3 Å². The smallest absolute Gasteiger partial charge is 0.271 e. The Morgan fingerprint density at radius 1 is 1.33 bits per heavy atom. The molecule has 18 heavy (non-hydrogen) atoms. The molecule has 0 aromatic carbocycles. The van der Waals surface area contributed by atoms with Crippen LogP contribution in [0.5, 0.6) is 0 Å². The van der Waals surface area contributed by atoms with E-state index in [0.717, 1.165) is 25.6 Å². The number of hydrogen-bond donors (Lipinski definition) is 1. The summed E-state index contributed by atoms with van der Waals surface area (Å²) >= 11 is 5.64. The summed E-state index contributed by atoms with van der Waals surface area (Å²) in [5.74, 6) is -0.165. The van der Waals surface area contributed by atoms with Crippen LogP contribution in [0.4, 0.5) is 0 Å². The second-order valence-corrected chi connectivity index (χ2v) is 5.30. The molecule has 1 aliphatic carbocycles. The van der Waals surface area contributed by atoms with Crippen molar-refractivity contribution in [3.05, 3.63) is 23.2 Å². The predicted octanol–water partition coefficient (Wildman–Crippen LogP) is 1.10. The molecule has 0 bridgehead atoms. The van der Waals surface area contributed by atoms with Crippen LogP contribution in [0.25, 0.3) is 0 Å². The molecular weight excluding hydrogens is 252 g/mol. The van der Waals surface area contributed by atoms with Crippen molar-refractivity contribution in [3.8, 4) is 0 Å². The SMILES string of the molecule is O=C(NC1CCN(C2CC2)C1)c1cnc(Cl)cn1. The summed E-state index contributed by atoms with van der Waals surface area (Å²) < 4.78 is 0. The van der Waals surface area contributed by atoms with Gasteiger partial charge in [-0.3, -0.25) is 9.69 Å². The first-order valence-corrected chi connectivity index (χ1v) is 6.62. The highest BCUT2D eigenvalue weighted by Crippen LogP contribution is 2.29. The van der Waals surface area contributed by atoms with E-state index in [9.17, 15) is 4.79 Å². The van der Waals surface area contributed by atoms with Gasteiger partial charge in [0.15, 0.2) is 0 Å². The molecule has 1 saturated heterocycles. The van der Waals surface area contributed by atoms with E-state index in [1.54, 1.807) is 0 Å². The Hall–Kier alpha value is -1.20. The molecule has 1 amide bonds. The van der Waals surface area contributed by atoms with Crippen molar-refractivity contribution in [1.82, 2.24) is 20.2 Å². The van der Waals surface area contributed by atoms with Crippen LogP contribution in [-0.2, 0) is 0 Å². The monoisotopic (exact) mass is 266 g/mol. The van der Waals surface area contributed by atoms with Gasteiger partial charge in [0.25, 0.3) is 5.91 Å². The molecule has 0 spiro atoms. The van der Waals surface area contributed by atoms with Crippen molar-refractivity contribution < 1.29 is 4.79 Å². The predicted molar refractivity (Wildman–Crippen MR) is 67.5 cm³/mol. The van der Waals surface area contributed by atoms with Crippen LogP contribution >= 0.6 is 11.6 Å². The third kappa shape index (κ3) is 2.62. The molecule has 3 rings (SSSR count). The lowest BCUT2D eigenvalue weighted by atomic mass is 10.2. The fourth-order valence-electron chi connectivity index (χ4n) is 2.37. The van der Waals surface area contributed by atoms with Crippen LogP contribution < -0.4 is 5.32 Å². The van der Waals surface area contributed by atoms with Gasteiger partial charge in [-0.25, -0.2) is 9.97 Å². The van der Waals surface area contributed by atoms with E-state index >= 15 is 0 Å². The zero-order valence-corrected chi connectivity index (χ0v) is 10.7. The summed E-state index contributed by atoms with van der Waals surface area (Å²) in [5, 5.41) is 3.30. The van der Waals surface area contributed by atoms with Crippen LogP contribution in [-0.4, -0.2) is 45.9 Å². The van der Waals surface area contributed by atoms with E-state index in [1.165, 1.54) is 25.2 Å². The highest BCUT2D eigenvalue weighted by atomic mass is 35.5. The van der Waals surface area contributed by atoms with Crippen LogP contribution in [0.1, 0.15) is 29.8 Å². The van der Waals surface area contributed by atoms with Gasteiger partial charge in [0.2, 0.25) is 0 Å². The van der Waals surface area contributed by atoms with Crippen molar-refractivity contribution in [2.45, 2.75) is 31.3 Å². The second kappa shape index (κ2) is 4.82. The van der Waals surface area contributed by atoms with Crippen molar-refractivity contribution >= 4 is 17.5 Å².